The molecule has 0 aromatic heterocycles. The van der Waals surface area contributed by atoms with Crippen molar-refractivity contribution in [1.29, 1.82) is 0 Å². The van der Waals surface area contributed by atoms with Crippen LogP contribution >= 0.6 is 0 Å². The molecule has 1 unspecified atom stereocenters. The van der Waals surface area contributed by atoms with E-state index in [1.54, 1.807) is 31.2 Å². The molecule has 0 heterocycles. The molecule has 216 valence electrons. The Morgan fingerprint density at radius 1 is 0.974 bits per heavy atom. The largest absolute Gasteiger partial charge is 0.492 e. The molecule has 0 aliphatic carbocycles. The van der Waals surface area contributed by atoms with Gasteiger partial charge in [0.15, 0.2) is 6.10 Å². The molecule has 1 atom stereocenters. The predicted molar refractivity (Wildman–Crippen MR) is 127 cm³/mol. The van der Waals surface area contributed by atoms with Crippen molar-refractivity contribution in [3.63, 3.8) is 0 Å². The Kier molecular flexibility index (Phi) is 11.9. The monoisotopic (exact) mass is 566 g/mol. The predicted octanol–water partition coefficient (Wildman–Crippen LogP) is 5.33. The van der Waals surface area contributed by atoms with Gasteiger partial charge in [-0.1, -0.05) is 12.1 Å². The fraction of sp³-hybridized carbons (Fsp3) is 0.440. The molecule has 2 amide bonds. The van der Waals surface area contributed by atoms with Crippen molar-refractivity contribution in [3.05, 3.63) is 59.9 Å². The average Bonchev–Trinajstić information content (AvgIpc) is 2.86. The number of benzene rings is 2. The van der Waals surface area contributed by atoms with Crippen molar-refractivity contribution in [3.8, 4) is 5.75 Å². The Labute approximate surface area is 220 Å². The number of ether oxygens (including phenoxy) is 3. The van der Waals surface area contributed by atoms with Crippen LogP contribution in [0, 0.1) is 5.82 Å². The van der Waals surface area contributed by atoms with Crippen LogP contribution in [0.2, 0.25) is 0 Å². The van der Waals surface area contributed by atoms with E-state index in [0.29, 0.717) is 11.3 Å². The molecule has 14 heteroatoms. The van der Waals surface area contributed by atoms with Crippen molar-refractivity contribution in [1.82, 2.24) is 4.90 Å². The molecule has 0 saturated carbocycles. The fourth-order valence-electron chi connectivity index (χ4n) is 3.22. The van der Waals surface area contributed by atoms with Crippen molar-refractivity contribution >= 4 is 17.7 Å². The summed E-state index contributed by atoms with van der Waals surface area (Å²) < 4.78 is 90.3. The van der Waals surface area contributed by atoms with Gasteiger partial charge >= 0.3 is 24.3 Å². The molecule has 0 fully saturated rings. The quantitative estimate of drug-likeness (QED) is 0.223. The average molecular weight is 566 g/mol. The second-order valence-corrected chi connectivity index (χ2v) is 8.12. The molecule has 2 aromatic rings. The van der Waals surface area contributed by atoms with Gasteiger partial charge in [-0.15, -0.1) is 0 Å². The van der Waals surface area contributed by atoms with E-state index in [2.05, 4.69) is 10.1 Å². The summed E-state index contributed by atoms with van der Waals surface area (Å²) in [5, 5.41) is 11.7. The highest BCUT2D eigenvalue weighted by molar-refractivity contribution is 5.89. The Balaban J connectivity index is 1.95. The van der Waals surface area contributed by atoms with Gasteiger partial charge in [0.05, 0.1) is 13.2 Å². The third-order valence-corrected chi connectivity index (χ3v) is 5.19. The summed E-state index contributed by atoms with van der Waals surface area (Å²) in [5.41, 5.74) is 0.911. The Hall–Kier alpha value is -3.52. The number of nitrogens with one attached hydrogen (secondary N) is 1. The third kappa shape index (κ3) is 10.6. The number of carbonyl (C=O) groups excluding carboxylic acids is 1. The van der Waals surface area contributed by atoms with Gasteiger partial charge in [0.1, 0.15) is 18.2 Å². The minimum Gasteiger partial charge on any atom is -0.492 e. The first-order valence-corrected chi connectivity index (χ1v) is 11.8. The molecular weight excluding hydrogens is 538 g/mol. The van der Waals surface area contributed by atoms with Gasteiger partial charge in [-0.3, -0.25) is 0 Å². The number of halogens is 6. The first kappa shape index (κ1) is 31.7. The lowest BCUT2D eigenvalue weighted by atomic mass is 10.1. The summed E-state index contributed by atoms with van der Waals surface area (Å²) in [7, 11) is 0. The first-order chi connectivity index (χ1) is 18.3. The number of alkyl halides is 5. The molecule has 8 nitrogen and oxygen atoms in total. The minimum atomic E-state index is -5.87. The van der Waals surface area contributed by atoms with Crippen molar-refractivity contribution < 1.29 is 55.2 Å². The number of hydrogen-bond donors (Lipinski definition) is 2. The molecular formula is C25H28F6N2O6. The standard InChI is InChI=1S/C25H28F6N2O6/c1-2-37-21(22(34)35)16-17-4-10-20(11-5-17)38-15-13-33(12-3-14-39-25(30,31)24(27,28)29)23(36)32-19-8-6-18(26)7-9-19/h4-11,21H,2-3,12-16H2,1H3,(H,32,36)(H,34,35). The van der Waals surface area contributed by atoms with E-state index in [4.69, 9.17) is 9.47 Å². The molecule has 0 saturated heterocycles. The molecule has 0 spiro atoms. The Morgan fingerprint density at radius 2 is 1.62 bits per heavy atom. The van der Waals surface area contributed by atoms with Crippen molar-refractivity contribution in [2.45, 2.75) is 38.2 Å². The van der Waals surface area contributed by atoms with Gasteiger partial charge in [-0.2, -0.15) is 22.0 Å². The van der Waals surface area contributed by atoms with Gasteiger partial charge in [0, 0.05) is 25.3 Å². The molecule has 0 aliphatic rings. The van der Waals surface area contributed by atoms with Crippen molar-refractivity contribution in [2.75, 3.05) is 38.2 Å². The lowest BCUT2D eigenvalue weighted by Gasteiger charge is -2.24. The smallest absolute Gasteiger partial charge is 0.482 e. The summed E-state index contributed by atoms with van der Waals surface area (Å²) in [6, 6.07) is 10.5. The summed E-state index contributed by atoms with van der Waals surface area (Å²) in [6.45, 7) is 0.523. The number of carbonyl (C=O) groups is 2. The van der Waals surface area contributed by atoms with E-state index in [9.17, 15) is 41.0 Å². The van der Waals surface area contributed by atoms with Crippen LogP contribution in [0.15, 0.2) is 48.5 Å². The summed E-state index contributed by atoms with van der Waals surface area (Å²) in [4.78, 5) is 25.0. The van der Waals surface area contributed by atoms with Crippen LogP contribution in [-0.2, 0) is 20.7 Å². The number of nitrogens with zero attached hydrogens (tertiary/aromatic N) is 1. The molecule has 2 rings (SSSR count). The zero-order chi connectivity index (χ0) is 29.1. The Morgan fingerprint density at radius 3 is 2.18 bits per heavy atom. The number of anilines is 1. The highest BCUT2D eigenvalue weighted by atomic mass is 19.4. The van der Waals surface area contributed by atoms with Gasteiger partial charge in [-0.05, 0) is 55.3 Å². The number of urea groups is 1. The van der Waals surface area contributed by atoms with E-state index in [-0.39, 0.29) is 44.8 Å². The highest BCUT2D eigenvalue weighted by Crippen LogP contribution is 2.36. The van der Waals surface area contributed by atoms with Crippen LogP contribution in [0.5, 0.6) is 5.75 Å². The van der Waals surface area contributed by atoms with E-state index >= 15 is 0 Å². The molecule has 39 heavy (non-hydrogen) atoms. The summed E-state index contributed by atoms with van der Waals surface area (Å²) in [5.74, 6) is -1.25. The summed E-state index contributed by atoms with van der Waals surface area (Å²) >= 11 is 0. The fourth-order valence-corrected chi connectivity index (χ4v) is 3.22. The topological polar surface area (TPSA) is 97.3 Å². The van der Waals surface area contributed by atoms with Crippen LogP contribution in [0.3, 0.4) is 0 Å². The molecule has 2 aromatic carbocycles. The second-order valence-electron chi connectivity index (χ2n) is 8.12. The highest BCUT2D eigenvalue weighted by Gasteiger charge is 2.59. The van der Waals surface area contributed by atoms with Gasteiger partial charge in [0.2, 0.25) is 0 Å². The lowest BCUT2D eigenvalue weighted by molar-refractivity contribution is -0.391. The maximum atomic E-state index is 13.1. The molecule has 0 radical (unpaired) electrons. The van der Waals surface area contributed by atoms with E-state index in [1.807, 2.05) is 0 Å². The lowest BCUT2D eigenvalue weighted by Crippen LogP contribution is -2.41. The van der Waals surface area contributed by atoms with Crippen molar-refractivity contribution in [2.24, 2.45) is 0 Å². The van der Waals surface area contributed by atoms with Crippen LogP contribution in [-0.4, -0.2) is 73.3 Å². The maximum absolute atomic E-state index is 13.1. The van der Waals surface area contributed by atoms with Crippen LogP contribution in [0.1, 0.15) is 18.9 Å². The third-order valence-electron chi connectivity index (χ3n) is 5.19. The summed E-state index contributed by atoms with van der Waals surface area (Å²) in [6.07, 6.45) is -12.4. The van der Waals surface area contributed by atoms with Gasteiger partial charge < -0.3 is 29.5 Å². The van der Waals surface area contributed by atoms with Crippen LogP contribution < -0.4 is 10.1 Å². The SMILES string of the molecule is CCOC(Cc1ccc(OCCN(CCCOC(F)(F)C(F)(F)F)C(=O)Nc2ccc(F)cc2)cc1)C(=O)O. The second kappa shape index (κ2) is 14.6. The van der Waals surface area contributed by atoms with Gasteiger partial charge in [0.25, 0.3) is 0 Å². The molecule has 2 N–H and O–H groups in total. The zero-order valence-corrected chi connectivity index (χ0v) is 20.8. The zero-order valence-electron chi connectivity index (χ0n) is 20.8. The number of aliphatic carboxylic acids is 1. The first-order valence-electron chi connectivity index (χ1n) is 11.8. The Bertz CT molecular complexity index is 1050. The number of amides is 2. The van der Waals surface area contributed by atoms with Crippen LogP contribution in [0.4, 0.5) is 36.8 Å². The van der Waals surface area contributed by atoms with Crippen LogP contribution in [0.25, 0.3) is 0 Å². The van der Waals surface area contributed by atoms with E-state index < -0.39 is 42.8 Å². The van der Waals surface area contributed by atoms with Gasteiger partial charge in [-0.25, -0.2) is 14.0 Å². The number of carboxylic acids is 1. The van der Waals surface area contributed by atoms with E-state index in [0.717, 1.165) is 17.0 Å². The number of carboxylic acid groups (broad SMARTS) is 1. The maximum Gasteiger partial charge on any atom is 0.482 e. The molecule has 0 aliphatic heterocycles. The normalized spacial score (nSPS) is 12.6. The number of hydrogen-bond acceptors (Lipinski definition) is 5. The molecule has 0 bridgehead atoms. The number of rotatable bonds is 15. The van der Waals surface area contributed by atoms with E-state index in [1.165, 1.54) is 12.1 Å². The minimum absolute atomic E-state index is 0.0769.